The molecule has 0 radical (unpaired) electrons. The number of nitrogens with two attached hydrogens (primary N) is 1. The molecular weight excluding hydrogens is 264 g/mol. The minimum atomic E-state index is -0.717. The number of aromatic nitrogens is 4. The Morgan fingerprint density at radius 3 is 2.68 bits per heavy atom. The minimum Gasteiger partial charge on any atom is -0.392 e. The number of nitrogens with zero attached hydrogens (tertiary/aromatic N) is 3. The predicted octanol–water partition coefficient (Wildman–Crippen LogP) is 0.613. The average molecular weight is 282 g/mol. The van der Waals surface area contributed by atoms with E-state index < -0.39 is 5.41 Å². The second-order valence-corrected chi connectivity index (χ2v) is 5.41. The van der Waals surface area contributed by atoms with Crippen molar-refractivity contribution in [2.75, 3.05) is 0 Å². The van der Waals surface area contributed by atoms with Gasteiger partial charge in [0.2, 0.25) is 5.91 Å². The Kier molecular flexibility index (Phi) is 4.08. The van der Waals surface area contributed by atoms with Gasteiger partial charge in [0.15, 0.2) is 5.82 Å². The highest BCUT2D eigenvalue weighted by Crippen LogP contribution is 2.37. The average Bonchev–Trinajstić information content (AvgIpc) is 2.93. The standard InChI is InChI=1S/C11H18N6OS/c1-7(8-14-16-17-15-8)13-10(18)11(9(12)19)5-3-2-4-6-11/h7H,2-6H2,1H3,(H2,12,19)(H,13,18)(H,14,15,16,17). The van der Waals surface area contributed by atoms with Gasteiger partial charge in [0.05, 0.1) is 16.4 Å². The molecule has 0 spiro atoms. The topological polar surface area (TPSA) is 110 Å². The van der Waals surface area contributed by atoms with Gasteiger partial charge >= 0.3 is 0 Å². The van der Waals surface area contributed by atoms with Gasteiger partial charge in [-0.2, -0.15) is 5.21 Å². The van der Waals surface area contributed by atoms with E-state index in [1.54, 1.807) is 6.92 Å². The number of nitrogens with one attached hydrogen (secondary N) is 2. The zero-order chi connectivity index (χ0) is 13.9. The lowest BCUT2D eigenvalue weighted by Crippen LogP contribution is -2.50. The van der Waals surface area contributed by atoms with Crippen LogP contribution in [0.15, 0.2) is 0 Å². The molecule has 1 aliphatic carbocycles. The third-order valence-electron chi connectivity index (χ3n) is 3.71. The summed E-state index contributed by atoms with van der Waals surface area (Å²) in [5, 5.41) is 16.4. The number of rotatable bonds is 4. The van der Waals surface area contributed by atoms with Gasteiger partial charge in [0, 0.05) is 0 Å². The van der Waals surface area contributed by atoms with E-state index in [1.807, 2.05) is 0 Å². The summed E-state index contributed by atoms with van der Waals surface area (Å²) in [6, 6.07) is -0.320. The van der Waals surface area contributed by atoms with Crippen LogP contribution in [0, 0.1) is 5.41 Å². The number of hydrogen-bond donors (Lipinski definition) is 3. The summed E-state index contributed by atoms with van der Waals surface area (Å²) in [6.07, 6.45) is 4.50. The van der Waals surface area contributed by atoms with E-state index in [1.165, 1.54) is 0 Å². The maximum Gasteiger partial charge on any atom is 0.233 e. The van der Waals surface area contributed by atoms with Crippen molar-refractivity contribution in [3.05, 3.63) is 5.82 Å². The number of H-pyrrole nitrogens is 1. The Morgan fingerprint density at radius 2 is 2.16 bits per heavy atom. The molecule has 1 aliphatic rings. The SMILES string of the molecule is CC(NC(=O)C1(C(N)=S)CCCCC1)c1nn[nH]n1. The maximum atomic E-state index is 12.5. The van der Waals surface area contributed by atoms with Crippen molar-refractivity contribution < 1.29 is 4.79 Å². The Morgan fingerprint density at radius 1 is 1.47 bits per heavy atom. The van der Waals surface area contributed by atoms with Crippen LogP contribution in [-0.2, 0) is 4.79 Å². The van der Waals surface area contributed by atoms with Crippen LogP contribution in [0.25, 0.3) is 0 Å². The van der Waals surface area contributed by atoms with Crippen LogP contribution < -0.4 is 11.1 Å². The number of carbonyl (C=O) groups excluding carboxylic acids is 1. The van der Waals surface area contributed by atoms with Gasteiger partial charge in [-0.15, -0.1) is 10.2 Å². The van der Waals surface area contributed by atoms with Gasteiger partial charge in [0.25, 0.3) is 0 Å². The van der Waals surface area contributed by atoms with Crippen LogP contribution in [0.5, 0.6) is 0 Å². The van der Waals surface area contributed by atoms with Crippen LogP contribution in [0.3, 0.4) is 0 Å². The first-order valence-electron chi connectivity index (χ1n) is 6.40. The fraction of sp³-hybridized carbons (Fsp3) is 0.727. The van der Waals surface area contributed by atoms with Crippen molar-refractivity contribution in [2.45, 2.75) is 45.1 Å². The van der Waals surface area contributed by atoms with Gasteiger partial charge in [-0.3, -0.25) is 4.79 Å². The van der Waals surface area contributed by atoms with E-state index in [2.05, 4.69) is 25.9 Å². The third kappa shape index (κ3) is 2.73. The van der Waals surface area contributed by atoms with E-state index in [0.717, 1.165) is 19.3 Å². The summed E-state index contributed by atoms with van der Waals surface area (Å²) in [6.45, 7) is 1.80. The third-order valence-corrected chi connectivity index (χ3v) is 4.10. The number of thiocarbonyl (C=S) groups is 1. The largest absolute Gasteiger partial charge is 0.392 e. The summed E-state index contributed by atoms with van der Waals surface area (Å²) < 4.78 is 0. The lowest BCUT2D eigenvalue weighted by Gasteiger charge is -2.35. The molecule has 0 aromatic carbocycles. The molecule has 104 valence electrons. The molecule has 4 N–H and O–H groups in total. The number of aromatic amines is 1. The van der Waals surface area contributed by atoms with Gasteiger partial charge in [-0.05, 0) is 19.8 Å². The molecule has 1 saturated carbocycles. The first kappa shape index (κ1) is 13.9. The van der Waals surface area contributed by atoms with Crippen molar-refractivity contribution in [3.63, 3.8) is 0 Å². The smallest absolute Gasteiger partial charge is 0.233 e. The molecule has 1 heterocycles. The molecule has 0 saturated heterocycles. The molecule has 7 nitrogen and oxygen atoms in total. The van der Waals surface area contributed by atoms with Gasteiger partial charge in [0.1, 0.15) is 0 Å². The van der Waals surface area contributed by atoms with Crippen LogP contribution in [0.2, 0.25) is 0 Å². The lowest BCUT2D eigenvalue weighted by molar-refractivity contribution is -0.129. The van der Waals surface area contributed by atoms with Crippen LogP contribution in [0.4, 0.5) is 0 Å². The Hall–Kier alpha value is -1.57. The molecule has 0 bridgehead atoms. The highest BCUT2D eigenvalue weighted by atomic mass is 32.1. The van der Waals surface area contributed by atoms with E-state index in [4.69, 9.17) is 18.0 Å². The molecule has 0 aliphatic heterocycles. The molecule has 1 amide bonds. The number of carbonyl (C=O) groups is 1. The first-order valence-corrected chi connectivity index (χ1v) is 6.81. The fourth-order valence-corrected chi connectivity index (χ4v) is 2.79. The van der Waals surface area contributed by atoms with E-state index >= 15 is 0 Å². The van der Waals surface area contributed by atoms with Gasteiger partial charge in [-0.25, -0.2) is 0 Å². The molecule has 1 fully saturated rings. The van der Waals surface area contributed by atoms with Crippen molar-refractivity contribution in [3.8, 4) is 0 Å². The summed E-state index contributed by atoms with van der Waals surface area (Å²) >= 11 is 5.12. The van der Waals surface area contributed by atoms with Crippen LogP contribution in [-0.4, -0.2) is 31.5 Å². The summed E-state index contributed by atoms with van der Waals surface area (Å²) in [7, 11) is 0. The van der Waals surface area contributed by atoms with Crippen molar-refractivity contribution in [1.82, 2.24) is 25.9 Å². The minimum absolute atomic E-state index is 0.128. The van der Waals surface area contributed by atoms with E-state index in [9.17, 15) is 4.79 Å². The van der Waals surface area contributed by atoms with Crippen molar-refractivity contribution >= 4 is 23.1 Å². The second-order valence-electron chi connectivity index (χ2n) is 4.97. The fourth-order valence-electron chi connectivity index (χ4n) is 2.49. The first-order chi connectivity index (χ1) is 9.06. The van der Waals surface area contributed by atoms with E-state index in [-0.39, 0.29) is 16.9 Å². The van der Waals surface area contributed by atoms with Crippen LogP contribution in [0.1, 0.15) is 50.9 Å². The zero-order valence-electron chi connectivity index (χ0n) is 10.8. The maximum absolute atomic E-state index is 12.5. The quantitative estimate of drug-likeness (QED) is 0.698. The summed E-state index contributed by atoms with van der Waals surface area (Å²) in [5.74, 6) is 0.319. The van der Waals surface area contributed by atoms with Crippen LogP contribution >= 0.6 is 12.2 Å². The number of tetrazole rings is 1. The van der Waals surface area contributed by atoms with Crippen molar-refractivity contribution in [2.24, 2.45) is 11.1 Å². The normalized spacial score (nSPS) is 19.6. The Balaban J connectivity index is 2.10. The summed E-state index contributed by atoms with van der Waals surface area (Å²) in [5.41, 5.74) is 5.10. The number of hydrogen-bond acceptors (Lipinski definition) is 5. The Bertz CT molecular complexity index is 454. The highest BCUT2D eigenvalue weighted by molar-refractivity contribution is 7.80. The molecule has 1 aromatic heterocycles. The van der Waals surface area contributed by atoms with E-state index in [0.29, 0.717) is 18.7 Å². The highest BCUT2D eigenvalue weighted by Gasteiger charge is 2.42. The number of amides is 1. The van der Waals surface area contributed by atoms with Crippen molar-refractivity contribution in [1.29, 1.82) is 0 Å². The Labute approximate surface area is 116 Å². The molecule has 19 heavy (non-hydrogen) atoms. The molecular formula is C11H18N6OS. The van der Waals surface area contributed by atoms with Gasteiger partial charge in [-0.1, -0.05) is 36.7 Å². The second kappa shape index (κ2) is 5.60. The monoisotopic (exact) mass is 282 g/mol. The molecule has 1 atom stereocenters. The molecule has 2 rings (SSSR count). The molecule has 1 aromatic rings. The van der Waals surface area contributed by atoms with Gasteiger partial charge < -0.3 is 11.1 Å². The molecule has 8 heteroatoms. The predicted molar refractivity (Wildman–Crippen MR) is 73.0 cm³/mol. The zero-order valence-corrected chi connectivity index (χ0v) is 11.7. The lowest BCUT2D eigenvalue weighted by atomic mass is 9.73. The summed E-state index contributed by atoms with van der Waals surface area (Å²) in [4.78, 5) is 12.8. The molecule has 1 unspecified atom stereocenters.